The molecule has 6 N–H and O–H groups in total. The highest BCUT2D eigenvalue weighted by Crippen LogP contribution is 2.40. The molecule has 0 aliphatic carbocycles. The Hall–Kier alpha value is -2.65. The Labute approximate surface area is 207 Å². The van der Waals surface area contributed by atoms with Gasteiger partial charge in [0.1, 0.15) is 30.2 Å². The van der Waals surface area contributed by atoms with Crippen LogP contribution in [0.5, 0.6) is 11.5 Å². The van der Waals surface area contributed by atoms with Gasteiger partial charge in [-0.1, -0.05) is 15.9 Å². The standard InChI is InChI=1S/C22H24BrFN4O7/c1-28-21(30,31)8-20(29,9-22(28,32)33)10-35-18-7-16-13(6-17(18)34-2)19(26-11-25-16)27-15-4-3-12(23)5-14(15)24/h3-7,11,29-33H,8-10H2,1-2H3,(H,25,26,27). The average Bonchev–Trinajstić information content (AvgIpc) is 2.77. The van der Waals surface area contributed by atoms with E-state index in [-0.39, 0.29) is 17.2 Å². The number of hydrogen-bond donors (Lipinski definition) is 6. The smallest absolute Gasteiger partial charge is 0.231 e. The summed E-state index contributed by atoms with van der Waals surface area (Å²) in [7, 11) is 2.49. The third-order valence-electron chi connectivity index (χ3n) is 5.81. The summed E-state index contributed by atoms with van der Waals surface area (Å²) < 4.78 is 26.0. The largest absolute Gasteiger partial charge is 0.493 e. The number of nitrogens with zero attached hydrogens (tertiary/aromatic N) is 3. The van der Waals surface area contributed by atoms with Crippen molar-refractivity contribution in [3.05, 3.63) is 46.9 Å². The van der Waals surface area contributed by atoms with E-state index in [1.807, 2.05) is 0 Å². The lowest BCUT2D eigenvalue weighted by molar-refractivity contribution is -0.422. The first-order valence-corrected chi connectivity index (χ1v) is 11.2. The Morgan fingerprint density at radius 2 is 1.74 bits per heavy atom. The molecular weight excluding hydrogens is 531 g/mol. The fourth-order valence-electron chi connectivity index (χ4n) is 3.94. The zero-order valence-corrected chi connectivity index (χ0v) is 20.3. The predicted molar refractivity (Wildman–Crippen MR) is 125 cm³/mol. The zero-order chi connectivity index (χ0) is 25.6. The fraction of sp³-hybridized carbons (Fsp3) is 0.364. The fourth-order valence-corrected chi connectivity index (χ4v) is 4.27. The van der Waals surface area contributed by atoms with Crippen LogP contribution in [-0.4, -0.2) is 78.6 Å². The molecule has 1 aliphatic rings. The molecule has 1 aromatic heterocycles. The van der Waals surface area contributed by atoms with Gasteiger partial charge in [-0.3, -0.25) is 0 Å². The van der Waals surface area contributed by atoms with Crippen LogP contribution in [0.2, 0.25) is 0 Å². The molecule has 3 aromatic rings. The number of anilines is 2. The second kappa shape index (κ2) is 9.09. The van der Waals surface area contributed by atoms with Gasteiger partial charge in [0.25, 0.3) is 0 Å². The molecule has 4 rings (SSSR count). The highest BCUT2D eigenvalue weighted by atomic mass is 79.9. The Morgan fingerprint density at radius 3 is 2.37 bits per heavy atom. The van der Waals surface area contributed by atoms with Crippen molar-refractivity contribution in [2.75, 3.05) is 26.1 Å². The van der Waals surface area contributed by atoms with Crippen molar-refractivity contribution in [3.8, 4) is 11.5 Å². The number of methoxy groups -OCH3 is 1. The summed E-state index contributed by atoms with van der Waals surface area (Å²) in [4.78, 5) is 8.93. The number of likely N-dealkylation sites (tertiary alicyclic amines) is 1. The number of benzene rings is 2. The van der Waals surface area contributed by atoms with Crippen molar-refractivity contribution in [2.45, 2.75) is 30.3 Å². The lowest BCUT2D eigenvalue weighted by Crippen LogP contribution is -2.69. The molecule has 0 saturated carbocycles. The van der Waals surface area contributed by atoms with Crippen molar-refractivity contribution in [1.82, 2.24) is 14.9 Å². The summed E-state index contributed by atoms with van der Waals surface area (Å²) in [6.45, 7) is -0.519. The van der Waals surface area contributed by atoms with Gasteiger partial charge in [0.15, 0.2) is 11.5 Å². The topological polar surface area (TPSA) is 161 Å². The van der Waals surface area contributed by atoms with Gasteiger partial charge in [0, 0.05) is 28.8 Å². The molecule has 0 radical (unpaired) electrons. The third kappa shape index (κ3) is 5.16. The van der Waals surface area contributed by atoms with Crippen LogP contribution in [-0.2, 0) is 0 Å². The van der Waals surface area contributed by atoms with Crippen LogP contribution in [0.4, 0.5) is 15.9 Å². The van der Waals surface area contributed by atoms with Gasteiger partial charge in [-0.25, -0.2) is 19.3 Å². The molecule has 35 heavy (non-hydrogen) atoms. The van der Waals surface area contributed by atoms with Crippen LogP contribution in [0.1, 0.15) is 12.8 Å². The molecule has 0 amide bonds. The molecule has 2 heterocycles. The number of rotatable bonds is 6. The summed E-state index contributed by atoms with van der Waals surface area (Å²) in [6, 6.07) is 7.61. The molecule has 11 nitrogen and oxygen atoms in total. The van der Waals surface area contributed by atoms with Crippen LogP contribution in [0.3, 0.4) is 0 Å². The number of piperidine rings is 1. The number of nitrogens with one attached hydrogen (secondary N) is 1. The Kier molecular flexibility index (Phi) is 6.61. The second-order valence-corrected chi connectivity index (χ2v) is 9.38. The normalized spacial score (nSPS) is 18.9. The number of aliphatic hydroxyl groups is 5. The van der Waals surface area contributed by atoms with Crippen LogP contribution in [0.15, 0.2) is 41.1 Å². The van der Waals surface area contributed by atoms with Gasteiger partial charge in [-0.15, -0.1) is 0 Å². The molecule has 0 unspecified atom stereocenters. The maximum atomic E-state index is 14.3. The minimum absolute atomic E-state index is 0.148. The van der Waals surface area contributed by atoms with Crippen LogP contribution in [0.25, 0.3) is 10.9 Å². The highest BCUT2D eigenvalue weighted by Gasteiger charge is 2.56. The third-order valence-corrected chi connectivity index (χ3v) is 6.30. The summed E-state index contributed by atoms with van der Waals surface area (Å²) in [5.41, 5.74) is -1.40. The quantitative estimate of drug-likeness (QED) is 0.244. The molecular formula is C22H24BrFN4O7. The van der Waals surface area contributed by atoms with Crippen molar-refractivity contribution >= 4 is 38.3 Å². The summed E-state index contributed by atoms with van der Waals surface area (Å²) in [5, 5.41) is 54.7. The summed E-state index contributed by atoms with van der Waals surface area (Å²) in [6.07, 6.45) is 0.00839. The first-order chi connectivity index (χ1) is 16.3. The number of fused-ring (bicyclic) bond motifs is 1. The minimum Gasteiger partial charge on any atom is -0.493 e. The molecule has 2 aromatic carbocycles. The van der Waals surface area contributed by atoms with E-state index < -0.39 is 42.7 Å². The Balaban J connectivity index is 1.62. The Bertz CT molecular complexity index is 1240. The van der Waals surface area contributed by atoms with Gasteiger partial charge in [0.2, 0.25) is 11.8 Å². The maximum absolute atomic E-state index is 14.3. The van der Waals surface area contributed by atoms with E-state index in [2.05, 4.69) is 31.2 Å². The lowest BCUT2D eigenvalue weighted by atomic mass is 9.87. The summed E-state index contributed by atoms with van der Waals surface area (Å²) >= 11 is 3.21. The monoisotopic (exact) mass is 554 g/mol. The molecule has 0 atom stereocenters. The number of hydrogen-bond acceptors (Lipinski definition) is 11. The predicted octanol–water partition coefficient (Wildman–Crippen LogP) is 1.40. The van der Waals surface area contributed by atoms with E-state index in [4.69, 9.17) is 9.47 Å². The Morgan fingerprint density at radius 1 is 1.06 bits per heavy atom. The van der Waals surface area contributed by atoms with Gasteiger partial charge in [-0.05, 0) is 31.3 Å². The maximum Gasteiger partial charge on any atom is 0.231 e. The number of ether oxygens (including phenoxy) is 2. The van der Waals surface area contributed by atoms with E-state index in [1.165, 1.54) is 25.6 Å². The lowest BCUT2D eigenvalue weighted by Gasteiger charge is -2.50. The first kappa shape index (κ1) is 25.4. The van der Waals surface area contributed by atoms with E-state index in [9.17, 15) is 29.9 Å². The van der Waals surface area contributed by atoms with E-state index >= 15 is 0 Å². The number of aromatic nitrogens is 2. The SMILES string of the molecule is COc1cc2c(Nc3ccc(Br)cc3F)ncnc2cc1OCC1(O)CC(O)(O)N(C)C(O)(O)C1. The van der Waals surface area contributed by atoms with Crippen LogP contribution >= 0.6 is 15.9 Å². The molecule has 1 aliphatic heterocycles. The highest BCUT2D eigenvalue weighted by molar-refractivity contribution is 9.10. The second-order valence-electron chi connectivity index (χ2n) is 8.47. The molecule has 0 spiro atoms. The average molecular weight is 555 g/mol. The van der Waals surface area contributed by atoms with Crippen LogP contribution in [0, 0.1) is 5.82 Å². The van der Waals surface area contributed by atoms with Crippen molar-refractivity contribution in [1.29, 1.82) is 0 Å². The van der Waals surface area contributed by atoms with Crippen LogP contribution < -0.4 is 14.8 Å². The van der Waals surface area contributed by atoms with Crippen molar-refractivity contribution in [2.24, 2.45) is 0 Å². The van der Waals surface area contributed by atoms with Gasteiger partial charge in [0.05, 0.1) is 18.3 Å². The van der Waals surface area contributed by atoms with E-state index in [1.54, 1.807) is 18.2 Å². The van der Waals surface area contributed by atoms with E-state index in [0.29, 0.717) is 26.1 Å². The molecule has 1 fully saturated rings. The molecule has 1 saturated heterocycles. The van der Waals surface area contributed by atoms with Gasteiger partial charge < -0.3 is 40.3 Å². The molecule has 0 bridgehead atoms. The number of halogens is 2. The van der Waals surface area contributed by atoms with Gasteiger partial charge in [-0.2, -0.15) is 0 Å². The van der Waals surface area contributed by atoms with Crippen molar-refractivity contribution < 1.29 is 39.4 Å². The van der Waals surface area contributed by atoms with Crippen molar-refractivity contribution in [3.63, 3.8) is 0 Å². The minimum atomic E-state index is -2.69. The van der Waals surface area contributed by atoms with E-state index in [0.717, 1.165) is 7.05 Å². The molecule has 188 valence electrons. The summed E-state index contributed by atoms with van der Waals surface area (Å²) in [5.74, 6) is -5.19. The zero-order valence-electron chi connectivity index (χ0n) is 18.7. The first-order valence-electron chi connectivity index (χ1n) is 10.4. The molecule has 13 heteroatoms. The van der Waals surface area contributed by atoms with Gasteiger partial charge >= 0.3 is 0 Å².